The predicted molar refractivity (Wildman–Crippen MR) is 127 cm³/mol. The van der Waals surface area contributed by atoms with Gasteiger partial charge in [0.15, 0.2) is 11.7 Å². The Morgan fingerprint density at radius 1 is 1.29 bits per heavy atom. The number of nitrogens with one attached hydrogen (secondary N) is 2. The third-order valence-electron chi connectivity index (χ3n) is 7.09. The molecule has 12 heteroatoms. The van der Waals surface area contributed by atoms with Crippen LogP contribution in [0.2, 0.25) is 0 Å². The van der Waals surface area contributed by atoms with Crippen molar-refractivity contribution in [3.8, 4) is 0 Å². The standard InChI is InChI=1S/C23H34FN5O5S/c1-15(24)23(30)25-12-18-8-9-29(26-18)13-17-10-19(33-2)21-20(11-17)34-27-22(21)28-35(31,32)14-16-6-4-3-5-7-16/h8-9,16-17,19-21H,1,3-7,10-14H2,2H3,(H,25,30)(H,27,28). The summed E-state index contributed by atoms with van der Waals surface area (Å²) in [5.41, 5.74) is 0.603. The summed E-state index contributed by atoms with van der Waals surface area (Å²) < 4.78 is 48.6. The SMILES string of the molecule is C=C(F)C(=O)NCc1ccn(CC2CC(OC)C3C(NS(=O)(=O)CC4CCCCC4)=NOC3C2)n1. The van der Waals surface area contributed by atoms with Gasteiger partial charge in [0.25, 0.3) is 5.91 Å². The van der Waals surface area contributed by atoms with Crippen LogP contribution in [-0.2, 0) is 37.5 Å². The second-order valence-electron chi connectivity index (χ2n) is 9.76. The number of carbonyl (C=O) groups is 1. The largest absolute Gasteiger partial charge is 0.390 e. The highest BCUT2D eigenvalue weighted by Gasteiger charge is 2.47. The first-order valence-electron chi connectivity index (χ1n) is 12.2. The minimum atomic E-state index is -3.51. The van der Waals surface area contributed by atoms with Crippen molar-refractivity contribution >= 4 is 21.8 Å². The van der Waals surface area contributed by atoms with Gasteiger partial charge in [-0.25, -0.2) is 12.8 Å². The van der Waals surface area contributed by atoms with Crippen LogP contribution in [0.5, 0.6) is 0 Å². The molecule has 4 atom stereocenters. The number of sulfonamides is 1. The predicted octanol–water partition coefficient (Wildman–Crippen LogP) is 2.24. The number of halogens is 1. The summed E-state index contributed by atoms with van der Waals surface area (Å²) in [4.78, 5) is 17.0. The van der Waals surface area contributed by atoms with Gasteiger partial charge in [-0.1, -0.05) is 31.0 Å². The lowest BCUT2D eigenvalue weighted by molar-refractivity contribution is -0.119. The Morgan fingerprint density at radius 2 is 2.06 bits per heavy atom. The van der Waals surface area contributed by atoms with Gasteiger partial charge in [0, 0.05) is 19.9 Å². The fourth-order valence-corrected chi connectivity index (χ4v) is 6.94. The maximum Gasteiger partial charge on any atom is 0.279 e. The second kappa shape index (κ2) is 11.1. The monoisotopic (exact) mass is 511 g/mol. The van der Waals surface area contributed by atoms with Crippen LogP contribution >= 0.6 is 0 Å². The van der Waals surface area contributed by atoms with E-state index in [1.807, 2.05) is 0 Å². The number of hydrogen-bond donors (Lipinski definition) is 2. The number of hydrogen-bond acceptors (Lipinski definition) is 7. The average molecular weight is 512 g/mol. The van der Waals surface area contributed by atoms with Gasteiger partial charge in [0.1, 0.15) is 6.10 Å². The van der Waals surface area contributed by atoms with Crippen molar-refractivity contribution in [1.82, 2.24) is 19.8 Å². The van der Waals surface area contributed by atoms with Gasteiger partial charge in [-0.15, -0.1) is 0 Å². The van der Waals surface area contributed by atoms with Gasteiger partial charge in [-0.3, -0.25) is 14.2 Å². The van der Waals surface area contributed by atoms with E-state index >= 15 is 0 Å². The van der Waals surface area contributed by atoms with Crippen LogP contribution in [-0.4, -0.2) is 55.0 Å². The molecule has 1 aromatic rings. The summed E-state index contributed by atoms with van der Waals surface area (Å²) in [6.45, 7) is 3.67. The van der Waals surface area contributed by atoms with Gasteiger partial charge >= 0.3 is 0 Å². The fraction of sp³-hybridized carbons (Fsp3) is 0.696. The van der Waals surface area contributed by atoms with E-state index in [4.69, 9.17) is 9.57 Å². The van der Waals surface area contributed by atoms with Crippen molar-refractivity contribution in [1.29, 1.82) is 0 Å². The third-order valence-corrected chi connectivity index (χ3v) is 8.53. The molecule has 4 unspecified atom stereocenters. The summed E-state index contributed by atoms with van der Waals surface area (Å²) >= 11 is 0. The minimum Gasteiger partial charge on any atom is -0.390 e. The van der Waals surface area contributed by atoms with Crippen LogP contribution in [0, 0.1) is 17.8 Å². The van der Waals surface area contributed by atoms with Crippen LogP contribution < -0.4 is 10.0 Å². The van der Waals surface area contributed by atoms with E-state index in [0.717, 1.165) is 25.7 Å². The molecule has 10 nitrogen and oxygen atoms in total. The number of methoxy groups -OCH3 is 1. The molecule has 3 aliphatic rings. The summed E-state index contributed by atoms with van der Waals surface area (Å²) in [7, 11) is -1.90. The Labute approximate surface area is 205 Å². The van der Waals surface area contributed by atoms with E-state index in [1.165, 1.54) is 6.42 Å². The van der Waals surface area contributed by atoms with E-state index < -0.39 is 21.8 Å². The van der Waals surface area contributed by atoms with E-state index in [-0.39, 0.29) is 42.3 Å². The van der Waals surface area contributed by atoms with E-state index in [2.05, 4.69) is 26.9 Å². The molecule has 4 rings (SSSR count). The first kappa shape index (κ1) is 25.6. The number of fused-ring (bicyclic) bond motifs is 1. The lowest BCUT2D eigenvalue weighted by Crippen LogP contribution is -2.49. The van der Waals surface area contributed by atoms with Crippen molar-refractivity contribution in [2.45, 2.75) is 70.2 Å². The van der Waals surface area contributed by atoms with Crippen molar-refractivity contribution in [2.75, 3.05) is 12.9 Å². The molecule has 1 aromatic heterocycles. The van der Waals surface area contributed by atoms with Crippen LogP contribution in [0.15, 0.2) is 29.8 Å². The molecular weight excluding hydrogens is 477 g/mol. The quantitative estimate of drug-likeness (QED) is 0.490. The number of rotatable bonds is 9. The van der Waals surface area contributed by atoms with Crippen LogP contribution in [0.3, 0.4) is 0 Å². The Morgan fingerprint density at radius 3 is 2.77 bits per heavy atom. The molecule has 2 fully saturated rings. The van der Waals surface area contributed by atoms with Crippen molar-refractivity contribution in [3.63, 3.8) is 0 Å². The maximum absolute atomic E-state index is 12.8. The topological polar surface area (TPSA) is 124 Å². The molecule has 2 heterocycles. The summed E-state index contributed by atoms with van der Waals surface area (Å²) in [6, 6.07) is 1.76. The zero-order valence-electron chi connectivity index (χ0n) is 20.0. The maximum atomic E-state index is 12.8. The van der Waals surface area contributed by atoms with E-state index in [0.29, 0.717) is 30.9 Å². The summed E-state index contributed by atoms with van der Waals surface area (Å²) in [6.07, 6.45) is 7.89. The molecule has 0 radical (unpaired) electrons. The molecule has 2 aliphatic carbocycles. The zero-order valence-corrected chi connectivity index (χ0v) is 20.8. The highest BCUT2D eigenvalue weighted by Crippen LogP contribution is 2.38. The summed E-state index contributed by atoms with van der Waals surface area (Å²) in [5, 5.41) is 11.0. The van der Waals surface area contributed by atoms with Crippen molar-refractivity contribution in [2.24, 2.45) is 22.9 Å². The van der Waals surface area contributed by atoms with Crippen LogP contribution in [0.25, 0.3) is 0 Å². The number of aromatic nitrogens is 2. The van der Waals surface area contributed by atoms with Gasteiger partial charge in [-0.05, 0) is 43.6 Å². The van der Waals surface area contributed by atoms with Crippen molar-refractivity contribution in [3.05, 3.63) is 30.4 Å². The number of amidine groups is 1. The lowest BCUT2D eigenvalue weighted by atomic mass is 9.77. The molecule has 0 saturated heterocycles. The van der Waals surface area contributed by atoms with E-state index in [1.54, 1.807) is 24.1 Å². The van der Waals surface area contributed by atoms with Crippen LogP contribution in [0.4, 0.5) is 4.39 Å². The van der Waals surface area contributed by atoms with Gasteiger partial charge in [0.2, 0.25) is 10.0 Å². The molecular formula is C23H34FN5O5S. The van der Waals surface area contributed by atoms with Gasteiger partial charge in [-0.2, -0.15) is 5.10 Å². The van der Waals surface area contributed by atoms with Gasteiger partial charge < -0.3 is 14.9 Å². The van der Waals surface area contributed by atoms with E-state index in [9.17, 15) is 17.6 Å². The Hall–Kier alpha value is -2.47. The molecule has 35 heavy (non-hydrogen) atoms. The number of nitrogens with zero attached hydrogens (tertiary/aromatic N) is 3. The molecule has 0 bridgehead atoms. The molecule has 2 saturated carbocycles. The number of amides is 1. The zero-order chi connectivity index (χ0) is 25.0. The Bertz CT molecular complexity index is 1050. The molecule has 1 aliphatic heterocycles. The highest BCUT2D eigenvalue weighted by molar-refractivity contribution is 7.90. The number of carbonyl (C=O) groups excluding carboxylic acids is 1. The molecule has 0 spiro atoms. The van der Waals surface area contributed by atoms with Crippen LogP contribution in [0.1, 0.15) is 50.6 Å². The first-order chi connectivity index (χ1) is 16.7. The summed E-state index contributed by atoms with van der Waals surface area (Å²) in [5.74, 6) is -1.35. The molecule has 0 aromatic carbocycles. The lowest BCUT2D eigenvalue weighted by Gasteiger charge is -2.36. The normalized spacial score (nSPS) is 27.0. The molecule has 194 valence electrons. The third kappa shape index (κ3) is 6.60. The number of ether oxygens (including phenoxy) is 1. The first-order valence-corrected chi connectivity index (χ1v) is 13.8. The average Bonchev–Trinajstić information content (AvgIpc) is 3.43. The highest BCUT2D eigenvalue weighted by atomic mass is 32.2. The number of oxime groups is 1. The fourth-order valence-electron chi connectivity index (χ4n) is 5.41. The molecule has 2 N–H and O–H groups in total. The minimum absolute atomic E-state index is 0.103. The van der Waals surface area contributed by atoms with Gasteiger partial charge in [0.05, 0.1) is 30.0 Å². The van der Waals surface area contributed by atoms with Crippen molar-refractivity contribution < 1.29 is 27.2 Å². The molecule has 1 amide bonds. The second-order valence-corrected chi connectivity index (χ2v) is 11.5. The smallest absolute Gasteiger partial charge is 0.279 e. The Balaban J connectivity index is 1.32. The Kier molecular flexibility index (Phi) is 8.10.